The summed E-state index contributed by atoms with van der Waals surface area (Å²) in [4.78, 5) is 38.0. The molecule has 6 heteroatoms. The molecule has 0 aliphatic heterocycles. The second-order valence-electron chi connectivity index (χ2n) is 17.7. The first kappa shape index (κ1) is 64.5. The number of ether oxygens (including phenoxy) is 3. The van der Waals surface area contributed by atoms with Crippen molar-refractivity contribution in [1.82, 2.24) is 0 Å². The molecule has 6 nitrogen and oxygen atoms in total. The second kappa shape index (κ2) is 56.1. The predicted octanol–water partition coefficient (Wildman–Crippen LogP) is 18.6. The van der Waals surface area contributed by atoms with Crippen molar-refractivity contribution in [2.75, 3.05) is 13.2 Å². The Hall–Kier alpha value is -4.45. The highest BCUT2D eigenvalue weighted by Gasteiger charge is 2.19. The van der Waals surface area contributed by atoms with Gasteiger partial charge in [-0.15, -0.1) is 0 Å². The van der Waals surface area contributed by atoms with Gasteiger partial charge in [-0.1, -0.05) is 225 Å². The van der Waals surface area contributed by atoms with Gasteiger partial charge >= 0.3 is 17.9 Å². The smallest absolute Gasteiger partial charge is 0.306 e. The molecule has 0 amide bonds. The van der Waals surface area contributed by atoms with E-state index in [-0.39, 0.29) is 37.5 Å². The van der Waals surface area contributed by atoms with E-state index >= 15 is 0 Å². The van der Waals surface area contributed by atoms with Crippen LogP contribution in [0.3, 0.4) is 0 Å². The number of esters is 3. The quantitative estimate of drug-likeness (QED) is 0.0262. The maximum Gasteiger partial charge on any atom is 0.306 e. The first-order chi connectivity index (χ1) is 34.0. The fraction of sp³-hybridized carbons (Fsp3) is 0.603. The molecule has 0 aromatic rings. The summed E-state index contributed by atoms with van der Waals surface area (Å²) in [6.45, 7) is 6.33. The molecule has 1 atom stereocenters. The van der Waals surface area contributed by atoms with Crippen LogP contribution in [0.25, 0.3) is 0 Å². The Kier molecular flexibility index (Phi) is 52.5. The first-order valence-electron chi connectivity index (χ1n) is 27.7. The molecular formula is C63H100O6. The molecule has 0 aliphatic rings. The second-order valence-corrected chi connectivity index (χ2v) is 17.7. The maximum absolute atomic E-state index is 12.8. The van der Waals surface area contributed by atoms with E-state index < -0.39 is 6.10 Å². The standard InChI is InChI=1S/C63H100O6/c1-4-7-10-13-16-19-21-23-25-27-28-29-30-31-32-33-34-36-37-39-41-44-47-50-53-56-62(65)68-59-60(58-67-61(64)55-52-49-46-43-18-15-12-9-6-3)69-63(66)57-54-51-48-45-42-40-38-35-26-24-22-20-17-14-11-8-5-2/h7-8,10-11,16-17,19-20,23-26,28-29,31-32,34,36,38-41,60H,4-6,9,12-15,18,21-22,27,30,33,35,37,42-59H2,1-3H3/b10-7-,11-8-,19-16-,20-17-,25-23-,26-24-,29-28-,32-31-,36-34-,40-38-,41-39-. The van der Waals surface area contributed by atoms with E-state index in [0.717, 1.165) is 148 Å². The minimum atomic E-state index is -0.807. The molecule has 0 rings (SSSR count). The maximum atomic E-state index is 12.8. The van der Waals surface area contributed by atoms with Gasteiger partial charge in [-0.2, -0.15) is 0 Å². The van der Waals surface area contributed by atoms with Crippen LogP contribution in [0.2, 0.25) is 0 Å². The van der Waals surface area contributed by atoms with E-state index in [1.165, 1.54) is 38.5 Å². The molecule has 0 saturated carbocycles. The Balaban J connectivity index is 4.42. The summed E-state index contributed by atoms with van der Waals surface area (Å²) in [6, 6.07) is 0. The molecule has 0 spiro atoms. The van der Waals surface area contributed by atoms with E-state index in [2.05, 4.69) is 154 Å². The van der Waals surface area contributed by atoms with E-state index in [1.54, 1.807) is 0 Å². The van der Waals surface area contributed by atoms with Crippen LogP contribution < -0.4 is 0 Å². The molecule has 0 radical (unpaired) electrons. The lowest BCUT2D eigenvalue weighted by atomic mass is 10.1. The van der Waals surface area contributed by atoms with Crippen molar-refractivity contribution in [3.05, 3.63) is 134 Å². The van der Waals surface area contributed by atoms with Gasteiger partial charge in [-0.05, 0) is 116 Å². The molecule has 0 N–H and O–H groups in total. The molecule has 0 aromatic heterocycles. The number of carbonyl (C=O) groups excluding carboxylic acids is 3. The molecule has 0 saturated heterocycles. The highest BCUT2D eigenvalue weighted by atomic mass is 16.6. The lowest BCUT2D eigenvalue weighted by molar-refractivity contribution is -0.167. The van der Waals surface area contributed by atoms with Gasteiger partial charge in [0, 0.05) is 19.3 Å². The van der Waals surface area contributed by atoms with Crippen molar-refractivity contribution in [3.8, 4) is 0 Å². The molecule has 0 fully saturated rings. The number of hydrogen-bond donors (Lipinski definition) is 0. The van der Waals surface area contributed by atoms with Gasteiger partial charge in [0.1, 0.15) is 13.2 Å². The minimum Gasteiger partial charge on any atom is -0.462 e. The summed E-state index contributed by atoms with van der Waals surface area (Å²) in [6.07, 6.45) is 78.7. The van der Waals surface area contributed by atoms with Crippen LogP contribution in [-0.4, -0.2) is 37.2 Å². The Labute approximate surface area is 424 Å². The van der Waals surface area contributed by atoms with Gasteiger partial charge in [0.05, 0.1) is 0 Å². The Bertz CT molecular complexity index is 1510. The number of allylic oxidation sites excluding steroid dienone is 22. The normalized spacial score (nSPS) is 13.1. The van der Waals surface area contributed by atoms with Crippen molar-refractivity contribution in [3.63, 3.8) is 0 Å². The molecule has 1 unspecified atom stereocenters. The number of rotatable bonds is 48. The number of carbonyl (C=O) groups is 3. The lowest BCUT2D eigenvalue weighted by Gasteiger charge is -2.18. The largest absolute Gasteiger partial charge is 0.462 e. The Morgan fingerprint density at radius 2 is 0.565 bits per heavy atom. The van der Waals surface area contributed by atoms with Crippen LogP contribution >= 0.6 is 0 Å². The van der Waals surface area contributed by atoms with Crippen molar-refractivity contribution in [2.24, 2.45) is 0 Å². The Morgan fingerprint density at radius 1 is 0.304 bits per heavy atom. The van der Waals surface area contributed by atoms with Crippen LogP contribution in [0.5, 0.6) is 0 Å². The molecule has 69 heavy (non-hydrogen) atoms. The third kappa shape index (κ3) is 54.4. The third-order valence-corrected chi connectivity index (χ3v) is 11.2. The van der Waals surface area contributed by atoms with Gasteiger partial charge in [0.2, 0.25) is 0 Å². The summed E-state index contributed by atoms with van der Waals surface area (Å²) in [5.41, 5.74) is 0. The van der Waals surface area contributed by atoms with Crippen LogP contribution in [0.15, 0.2) is 134 Å². The number of hydrogen-bond acceptors (Lipinski definition) is 6. The first-order valence-corrected chi connectivity index (χ1v) is 27.7. The monoisotopic (exact) mass is 953 g/mol. The van der Waals surface area contributed by atoms with Gasteiger partial charge in [-0.25, -0.2) is 0 Å². The fourth-order valence-corrected chi connectivity index (χ4v) is 7.06. The zero-order valence-electron chi connectivity index (χ0n) is 44.3. The van der Waals surface area contributed by atoms with Crippen molar-refractivity contribution >= 4 is 17.9 Å². The van der Waals surface area contributed by atoms with E-state index in [0.29, 0.717) is 12.8 Å². The van der Waals surface area contributed by atoms with Gasteiger partial charge in [-0.3, -0.25) is 14.4 Å². The predicted molar refractivity (Wildman–Crippen MR) is 297 cm³/mol. The molecule has 0 aliphatic carbocycles. The lowest BCUT2D eigenvalue weighted by Crippen LogP contribution is -2.30. The molecule has 0 aromatic carbocycles. The molecule has 388 valence electrons. The molecule has 0 bridgehead atoms. The zero-order valence-corrected chi connectivity index (χ0v) is 44.3. The van der Waals surface area contributed by atoms with E-state index in [1.807, 2.05) is 0 Å². The third-order valence-electron chi connectivity index (χ3n) is 11.2. The summed E-state index contributed by atoms with van der Waals surface area (Å²) < 4.78 is 16.8. The van der Waals surface area contributed by atoms with Gasteiger partial charge in [0.25, 0.3) is 0 Å². The average molecular weight is 953 g/mol. The van der Waals surface area contributed by atoms with E-state index in [4.69, 9.17) is 14.2 Å². The summed E-state index contributed by atoms with van der Waals surface area (Å²) >= 11 is 0. The fourth-order valence-electron chi connectivity index (χ4n) is 7.06. The van der Waals surface area contributed by atoms with Gasteiger partial charge < -0.3 is 14.2 Å². The highest BCUT2D eigenvalue weighted by molar-refractivity contribution is 5.71. The van der Waals surface area contributed by atoms with Crippen LogP contribution in [0, 0.1) is 0 Å². The van der Waals surface area contributed by atoms with Crippen LogP contribution in [0.4, 0.5) is 0 Å². The Morgan fingerprint density at radius 3 is 0.899 bits per heavy atom. The van der Waals surface area contributed by atoms with Crippen LogP contribution in [-0.2, 0) is 28.6 Å². The van der Waals surface area contributed by atoms with Crippen molar-refractivity contribution < 1.29 is 28.6 Å². The van der Waals surface area contributed by atoms with Crippen LogP contribution in [0.1, 0.15) is 226 Å². The summed E-state index contributed by atoms with van der Waals surface area (Å²) in [5, 5.41) is 0. The summed E-state index contributed by atoms with van der Waals surface area (Å²) in [5.74, 6) is -0.970. The van der Waals surface area contributed by atoms with E-state index in [9.17, 15) is 14.4 Å². The number of unbranched alkanes of at least 4 members (excludes halogenated alkanes) is 15. The summed E-state index contributed by atoms with van der Waals surface area (Å²) in [7, 11) is 0. The minimum absolute atomic E-state index is 0.102. The SMILES string of the molecule is CC/C=C\C/C=C\C/C=C\C/C=C\C/C=C\C/C=C\C/C=C\CCCCCC(=O)OCC(COC(=O)CCCCCCCCCCC)OC(=O)CCCCCC/C=C\C/C=C\C/C=C\C/C=C\CC. The molecular weight excluding hydrogens is 853 g/mol. The van der Waals surface area contributed by atoms with Gasteiger partial charge in [0.15, 0.2) is 6.10 Å². The zero-order chi connectivity index (χ0) is 50.0. The highest BCUT2D eigenvalue weighted by Crippen LogP contribution is 2.13. The topological polar surface area (TPSA) is 78.9 Å². The average Bonchev–Trinajstić information content (AvgIpc) is 3.35. The molecule has 0 heterocycles. The van der Waals surface area contributed by atoms with Crippen molar-refractivity contribution in [1.29, 1.82) is 0 Å². The van der Waals surface area contributed by atoms with Crippen molar-refractivity contribution in [2.45, 2.75) is 232 Å².